The molecule has 7 rings (SSSR count). The largest absolute Gasteiger partial charge is 0.484 e. The topological polar surface area (TPSA) is 102 Å². The third kappa shape index (κ3) is 7.90. The average molecular weight is 697 g/mol. The van der Waals surface area contributed by atoms with E-state index in [1.165, 1.54) is 0 Å². The van der Waals surface area contributed by atoms with E-state index in [1.54, 1.807) is 4.68 Å². The number of aryl methyl sites for hydroxylation is 1. The molecule has 1 fully saturated rings. The molecule has 2 N–H and O–H groups in total. The van der Waals surface area contributed by atoms with E-state index in [2.05, 4.69) is 53.7 Å². The van der Waals surface area contributed by atoms with Crippen LogP contribution in [-0.2, 0) is 11.8 Å². The third-order valence-electron chi connectivity index (χ3n) is 10.0. The molecule has 0 bridgehead atoms. The fraction of sp³-hybridized carbons (Fsp3) is 0.436. The van der Waals surface area contributed by atoms with Gasteiger partial charge in [-0.1, -0.05) is 62.7 Å². The van der Waals surface area contributed by atoms with Gasteiger partial charge in [-0.2, -0.15) is 5.10 Å². The lowest BCUT2D eigenvalue weighted by Gasteiger charge is -2.32. The van der Waals surface area contributed by atoms with Crippen molar-refractivity contribution in [1.29, 1.82) is 0 Å². The summed E-state index contributed by atoms with van der Waals surface area (Å²) < 4.78 is 36.1. The number of anilines is 1. The van der Waals surface area contributed by atoms with Gasteiger partial charge >= 0.3 is 6.03 Å². The number of carbonyl (C=O) groups excluding carboxylic acids is 1. The van der Waals surface area contributed by atoms with Crippen LogP contribution in [0.4, 0.5) is 19.4 Å². The smallest absolute Gasteiger partial charge is 0.320 e. The molecule has 0 radical (unpaired) electrons. The normalized spacial score (nSPS) is 18.6. The van der Waals surface area contributed by atoms with Gasteiger partial charge in [-0.25, -0.2) is 18.3 Å². The van der Waals surface area contributed by atoms with E-state index in [0.717, 1.165) is 58.8 Å². The highest BCUT2D eigenvalue weighted by atomic mass is 19.3. The standard InChI is InChI=1S/C39H46F2N8O2/c1-25-9-11-27(12-10-25)49-36(22-33(46-49)39(2,3)4)43-38(50)42-31-14-15-32(30-8-6-5-7-29(30)31)51-28-13-16-35-44-45-37(48(35)23-28)21-26-17-19-47(20-18-26)24-34(40)41/h5-13,16,22-23,26,31-32,34H,14-15,17-21,24H2,1-4H3,(H2,42,43,50). The summed E-state index contributed by atoms with van der Waals surface area (Å²) in [5.74, 6) is 2.53. The van der Waals surface area contributed by atoms with E-state index in [4.69, 9.17) is 9.84 Å². The summed E-state index contributed by atoms with van der Waals surface area (Å²) in [6.45, 7) is 9.55. The van der Waals surface area contributed by atoms with Crippen LogP contribution in [0.2, 0.25) is 0 Å². The zero-order valence-corrected chi connectivity index (χ0v) is 29.7. The number of aromatic nitrogens is 5. The highest BCUT2D eigenvalue weighted by Gasteiger charge is 2.30. The molecule has 2 atom stereocenters. The molecule has 12 heteroatoms. The molecule has 2 amide bonds. The summed E-state index contributed by atoms with van der Waals surface area (Å²) in [4.78, 5) is 15.4. The number of nitrogens with zero attached hydrogens (tertiary/aromatic N) is 6. The summed E-state index contributed by atoms with van der Waals surface area (Å²) in [5.41, 5.74) is 5.51. The maximum absolute atomic E-state index is 13.6. The lowest BCUT2D eigenvalue weighted by Crippen LogP contribution is -2.37. The number of carbonyl (C=O) groups is 1. The van der Waals surface area contributed by atoms with Gasteiger partial charge in [0, 0.05) is 17.9 Å². The lowest BCUT2D eigenvalue weighted by atomic mass is 9.85. The minimum atomic E-state index is -2.30. The molecule has 51 heavy (non-hydrogen) atoms. The number of alkyl halides is 2. The predicted octanol–water partition coefficient (Wildman–Crippen LogP) is 7.82. The summed E-state index contributed by atoms with van der Waals surface area (Å²) in [7, 11) is 0. The first kappa shape index (κ1) is 34.6. The van der Waals surface area contributed by atoms with E-state index in [-0.39, 0.29) is 30.1 Å². The first-order valence-corrected chi connectivity index (χ1v) is 17.8. The molecule has 2 unspecified atom stereocenters. The summed E-state index contributed by atoms with van der Waals surface area (Å²) >= 11 is 0. The quantitative estimate of drug-likeness (QED) is 0.163. The van der Waals surface area contributed by atoms with Gasteiger partial charge < -0.3 is 10.1 Å². The van der Waals surface area contributed by atoms with Gasteiger partial charge in [0.15, 0.2) is 5.65 Å². The first-order chi connectivity index (χ1) is 24.5. The van der Waals surface area contributed by atoms with E-state index in [1.807, 2.05) is 77.0 Å². The molecule has 0 saturated carbocycles. The van der Waals surface area contributed by atoms with E-state index in [9.17, 15) is 13.6 Å². The van der Waals surface area contributed by atoms with E-state index >= 15 is 0 Å². The molecule has 0 spiro atoms. The summed E-state index contributed by atoms with van der Waals surface area (Å²) in [6.07, 6.45) is 3.31. The second kappa shape index (κ2) is 14.4. The van der Waals surface area contributed by atoms with Gasteiger partial charge in [0.1, 0.15) is 23.5 Å². The van der Waals surface area contributed by atoms with Crippen molar-refractivity contribution < 1.29 is 18.3 Å². The number of hydrogen-bond acceptors (Lipinski definition) is 6. The SMILES string of the molecule is Cc1ccc(-n2nc(C(C)(C)C)cc2NC(=O)NC2CCC(Oc3ccc4nnc(CC5CCN(CC(F)F)CC5)n4c3)c3ccccc32)cc1. The van der Waals surface area contributed by atoms with E-state index in [0.29, 0.717) is 43.4 Å². The van der Waals surface area contributed by atoms with Gasteiger partial charge in [0.25, 0.3) is 6.43 Å². The Morgan fingerprint density at radius 3 is 2.43 bits per heavy atom. The molecule has 1 saturated heterocycles. The van der Waals surface area contributed by atoms with Crippen LogP contribution in [0.3, 0.4) is 0 Å². The second-order valence-electron chi connectivity index (χ2n) is 14.9. The molecule has 5 aromatic rings. The van der Waals surface area contributed by atoms with Gasteiger partial charge in [0.05, 0.1) is 30.2 Å². The van der Waals surface area contributed by atoms with Crippen LogP contribution >= 0.6 is 0 Å². The number of likely N-dealkylation sites (tertiary alicyclic amines) is 1. The van der Waals surface area contributed by atoms with Gasteiger partial charge in [-0.05, 0) is 87.0 Å². The molecule has 10 nitrogen and oxygen atoms in total. The number of ether oxygens (including phenoxy) is 1. The molecule has 2 aromatic carbocycles. The van der Waals surface area contributed by atoms with Crippen LogP contribution in [0, 0.1) is 12.8 Å². The zero-order chi connectivity index (χ0) is 35.7. The minimum absolute atomic E-state index is 0.158. The van der Waals surface area contributed by atoms with Crippen molar-refractivity contribution in [2.45, 2.75) is 83.8 Å². The van der Waals surface area contributed by atoms with Crippen molar-refractivity contribution in [3.05, 3.63) is 101 Å². The fourth-order valence-corrected chi connectivity index (χ4v) is 7.17. The van der Waals surface area contributed by atoms with Crippen molar-refractivity contribution >= 4 is 17.5 Å². The van der Waals surface area contributed by atoms with E-state index < -0.39 is 6.43 Å². The predicted molar refractivity (Wildman–Crippen MR) is 193 cm³/mol. The van der Waals surface area contributed by atoms with Crippen molar-refractivity contribution in [1.82, 2.24) is 34.6 Å². The average Bonchev–Trinajstić information content (AvgIpc) is 3.71. The van der Waals surface area contributed by atoms with Gasteiger partial charge in [-0.3, -0.25) is 14.6 Å². The molecule has 268 valence electrons. The van der Waals surface area contributed by atoms with Crippen LogP contribution in [0.15, 0.2) is 72.9 Å². The number of nitrogens with one attached hydrogen (secondary N) is 2. The molecule has 1 aliphatic heterocycles. The number of amides is 2. The maximum Gasteiger partial charge on any atom is 0.320 e. The molecule has 1 aliphatic carbocycles. The zero-order valence-electron chi connectivity index (χ0n) is 29.7. The Morgan fingerprint density at radius 2 is 1.71 bits per heavy atom. The first-order valence-electron chi connectivity index (χ1n) is 17.8. The number of pyridine rings is 1. The number of hydrogen-bond donors (Lipinski definition) is 2. The molecule has 3 aromatic heterocycles. The Balaban J connectivity index is 1.03. The lowest BCUT2D eigenvalue weighted by molar-refractivity contribution is 0.0688. The van der Waals surface area contributed by atoms with Crippen LogP contribution in [-0.4, -0.2) is 61.4 Å². The Labute approximate surface area is 297 Å². The number of benzene rings is 2. The number of rotatable bonds is 9. The number of urea groups is 1. The monoisotopic (exact) mass is 696 g/mol. The second-order valence-corrected chi connectivity index (χ2v) is 14.9. The molecule has 2 aliphatic rings. The van der Waals surface area contributed by atoms with Crippen molar-refractivity contribution in [2.24, 2.45) is 5.92 Å². The van der Waals surface area contributed by atoms with Crippen LogP contribution < -0.4 is 15.4 Å². The Hall–Kier alpha value is -4.84. The van der Waals surface area contributed by atoms with Gasteiger partial charge in [-0.15, -0.1) is 10.2 Å². The number of fused-ring (bicyclic) bond motifs is 2. The van der Waals surface area contributed by atoms with Gasteiger partial charge in [0.2, 0.25) is 0 Å². The highest BCUT2D eigenvalue weighted by molar-refractivity contribution is 5.89. The Morgan fingerprint density at radius 1 is 0.961 bits per heavy atom. The van der Waals surface area contributed by atoms with Crippen molar-refractivity contribution in [3.8, 4) is 11.4 Å². The molecular formula is C39H46F2N8O2. The third-order valence-corrected chi connectivity index (χ3v) is 10.0. The fourth-order valence-electron chi connectivity index (χ4n) is 7.17. The van der Waals surface area contributed by atoms with Crippen LogP contribution in [0.25, 0.3) is 11.3 Å². The highest BCUT2D eigenvalue weighted by Crippen LogP contribution is 2.39. The van der Waals surface area contributed by atoms with Crippen molar-refractivity contribution in [2.75, 3.05) is 25.0 Å². The number of piperidine rings is 1. The van der Waals surface area contributed by atoms with Crippen LogP contribution in [0.1, 0.15) is 86.8 Å². The molecule has 4 heterocycles. The summed E-state index contributed by atoms with van der Waals surface area (Å²) in [5, 5.41) is 20.0. The Kier molecular flexibility index (Phi) is 9.78. The van der Waals surface area contributed by atoms with Crippen LogP contribution in [0.5, 0.6) is 5.75 Å². The Bertz CT molecular complexity index is 1980. The summed E-state index contributed by atoms with van der Waals surface area (Å²) in [6, 6.07) is 21.5. The minimum Gasteiger partial charge on any atom is -0.484 e. The number of halogens is 2. The molecular weight excluding hydrogens is 650 g/mol. The van der Waals surface area contributed by atoms with Crippen molar-refractivity contribution in [3.63, 3.8) is 0 Å². The maximum atomic E-state index is 13.6.